The number of pyridine rings is 1. The molecule has 2 aromatic heterocycles. The van der Waals surface area contributed by atoms with Gasteiger partial charge in [-0.2, -0.15) is 0 Å². The highest BCUT2D eigenvalue weighted by atomic mass is 16.5. The summed E-state index contributed by atoms with van der Waals surface area (Å²) in [5.74, 6) is 3.36. The van der Waals surface area contributed by atoms with Crippen molar-refractivity contribution in [2.45, 2.75) is 26.1 Å². The number of rotatable bonds is 6. The van der Waals surface area contributed by atoms with Crippen molar-refractivity contribution in [2.24, 2.45) is 0 Å². The van der Waals surface area contributed by atoms with Crippen LogP contribution in [0.5, 0.6) is 11.6 Å². The molecule has 3 heterocycles. The summed E-state index contributed by atoms with van der Waals surface area (Å²) >= 11 is 0. The zero-order valence-electron chi connectivity index (χ0n) is 15.4. The molecule has 0 saturated carbocycles. The van der Waals surface area contributed by atoms with Crippen molar-refractivity contribution in [1.29, 1.82) is 0 Å². The molecule has 0 amide bonds. The minimum absolute atomic E-state index is 0.377. The van der Waals surface area contributed by atoms with Crippen LogP contribution in [0.2, 0.25) is 0 Å². The smallest absolute Gasteiger partial charge is 0.213 e. The van der Waals surface area contributed by atoms with Crippen LogP contribution in [-0.2, 0) is 26.1 Å². The Hall–Kier alpha value is -2.93. The zero-order chi connectivity index (χ0) is 18.5. The standard InChI is InChI=1S/C20H23N5O2/c1-26-17-7-5-16(6-8-17)14-24-11-9-18-22-23-19(25(18)13-12-24)15-27-20-4-2-3-10-21-20/h2-8,10H,9,11-15H2,1H3. The monoisotopic (exact) mass is 365 g/mol. The molecule has 7 heteroatoms. The number of aromatic nitrogens is 4. The van der Waals surface area contributed by atoms with Crippen LogP contribution in [0, 0.1) is 0 Å². The summed E-state index contributed by atoms with van der Waals surface area (Å²) in [6, 6.07) is 13.9. The summed E-state index contributed by atoms with van der Waals surface area (Å²) in [6.07, 6.45) is 2.60. The summed E-state index contributed by atoms with van der Waals surface area (Å²) in [7, 11) is 1.69. The summed E-state index contributed by atoms with van der Waals surface area (Å²) < 4.78 is 13.1. The Kier molecular flexibility index (Phi) is 5.29. The first-order valence-electron chi connectivity index (χ1n) is 9.12. The van der Waals surface area contributed by atoms with E-state index in [1.54, 1.807) is 13.3 Å². The first-order chi connectivity index (χ1) is 13.3. The van der Waals surface area contributed by atoms with Crippen molar-refractivity contribution >= 4 is 0 Å². The zero-order valence-corrected chi connectivity index (χ0v) is 15.4. The summed E-state index contributed by atoms with van der Waals surface area (Å²) in [6.45, 7) is 4.07. The van der Waals surface area contributed by atoms with E-state index in [9.17, 15) is 0 Å². The molecule has 140 valence electrons. The van der Waals surface area contributed by atoms with Crippen LogP contribution >= 0.6 is 0 Å². The van der Waals surface area contributed by atoms with Crippen LogP contribution in [-0.4, -0.2) is 44.8 Å². The Morgan fingerprint density at radius 1 is 1.00 bits per heavy atom. The SMILES string of the molecule is COc1ccc(CN2CCc3nnc(COc4ccccn4)n3CC2)cc1. The maximum atomic E-state index is 5.74. The van der Waals surface area contributed by atoms with Crippen LogP contribution in [0.4, 0.5) is 0 Å². The van der Waals surface area contributed by atoms with Gasteiger partial charge in [0.25, 0.3) is 0 Å². The number of hydrogen-bond donors (Lipinski definition) is 0. The summed E-state index contributed by atoms with van der Waals surface area (Å²) in [4.78, 5) is 6.63. The van der Waals surface area contributed by atoms with Crippen LogP contribution in [0.25, 0.3) is 0 Å². The van der Waals surface area contributed by atoms with Gasteiger partial charge in [0.15, 0.2) is 5.82 Å². The van der Waals surface area contributed by atoms with Crippen molar-refractivity contribution in [1.82, 2.24) is 24.6 Å². The number of methoxy groups -OCH3 is 1. The first-order valence-corrected chi connectivity index (χ1v) is 9.12. The van der Waals surface area contributed by atoms with Crippen molar-refractivity contribution in [3.05, 3.63) is 65.9 Å². The molecular weight excluding hydrogens is 342 g/mol. The van der Waals surface area contributed by atoms with Crippen LogP contribution in [0.15, 0.2) is 48.7 Å². The predicted molar refractivity (Wildman–Crippen MR) is 101 cm³/mol. The van der Waals surface area contributed by atoms with Gasteiger partial charge in [-0.1, -0.05) is 18.2 Å². The lowest BCUT2D eigenvalue weighted by Gasteiger charge is -2.19. The topological polar surface area (TPSA) is 65.3 Å². The lowest BCUT2D eigenvalue weighted by atomic mass is 10.2. The summed E-state index contributed by atoms with van der Waals surface area (Å²) in [5.41, 5.74) is 1.28. The first kappa shape index (κ1) is 17.5. The van der Waals surface area contributed by atoms with Gasteiger partial charge in [-0.3, -0.25) is 4.90 Å². The van der Waals surface area contributed by atoms with E-state index in [1.165, 1.54) is 5.56 Å². The van der Waals surface area contributed by atoms with E-state index >= 15 is 0 Å². The Morgan fingerprint density at radius 2 is 1.89 bits per heavy atom. The molecular formula is C20H23N5O2. The Balaban J connectivity index is 1.37. The fourth-order valence-electron chi connectivity index (χ4n) is 3.25. The number of benzene rings is 1. The predicted octanol–water partition coefficient (Wildman–Crippen LogP) is 2.32. The maximum absolute atomic E-state index is 5.74. The Bertz CT molecular complexity index is 864. The van der Waals surface area contributed by atoms with Gasteiger partial charge in [0.05, 0.1) is 7.11 Å². The van der Waals surface area contributed by atoms with Crippen molar-refractivity contribution in [3.63, 3.8) is 0 Å². The number of nitrogens with zero attached hydrogens (tertiary/aromatic N) is 5. The molecule has 1 aliphatic rings. The maximum Gasteiger partial charge on any atom is 0.213 e. The van der Waals surface area contributed by atoms with E-state index in [2.05, 4.69) is 36.8 Å². The van der Waals surface area contributed by atoms with Gasteiger partial charge in [0.2, 0.25) is 5.88 Å². The van der Waals surface area contributed by atoms with Gasteiger partial charge in [0.1, 0.15) is 18.2 Å². The molecule has 1 aromatic carbocycles. The van der Waals surface area contributed by atoms with Gasteiger partial charge in [-0.15, -0.1) is 10.2 Å². The second-order valence-corrected chi connectivity index (χ2v) is 6.51. The van der Waals surface area contributed by atoms with E-state index in [-0.39, 0.29) is 0 Å². The van der Waals surface area contributed by atoms with E-state index in [0.717, 1.165) is 50.0 Å². The van der Waals surface area contributed by atoms with Crippen molar-refractivity contribution in [2.75, 3.05) is 20.2 Å². The number of fused-ring (bicyclic) bond motifs is 1. The number of hydrogen-bond acceptors (Lipinski definition) is 6. The highest BCUT2D eigenvalue weighted by Crippen LogP contribution is 2.16. The van der Waals surface area contributed by atoms with E-state index < -0.39 is 0 Å². The molecule has 0 fully saturated rings. The molecule has 7 nitrogen and oxygen atoms in total. The minimum atomic E-state index is 0.377. The van der Waals surface area contributed by atoms with Crippen LogP contribution < -0.4 is 9.47 Å². The second-order valence-electron chi connectivity index (χ2n) is 6.51. The van der Waals surface area contributed by atoms with E-state index in [4.69, 9.17) is 9.47 Å². The van der Waals surface area contributed by atoms with Gasteiger partial charge in [-0.05, 0) is 23.8 Å². The third kappa shape index (κ3) is 4.25. The average molecular weight is 365 g/mol. The molecule has 3 aromatic rings. The third-order valence-electron chi connectivity index (χ3n) is 4.75. The molecule has 0 spiro atoms. The van der Waals surface area contributed by atoms with Crippen LogP contribution in [0.3, 0.4) is 0 Å². The summed E-state index contributed by atoms with van der Waals surface area (Å²) in [5, 5.41) is 8.67. The largest absolute Gasteiger partial charge is 0.497 e. The van der Waals surface area contributed by atoms with E-state index in [1.807, 2.05) is 30.3 Å². The van der Waals surface area contributed by atoms with Crippen LogP contribution in [0.1, 0.15) is 17.2 Å². The molecule has 4 rings (SSSR count). The Morgan fingerprint density at radius 3 is 2.67 bits per heavy atom. The minimum Gasteiger partial charge on any atom is -0.497 e. The molecule has 0 bridgehead atoms. The highest BCUT2D eigenvalue weighted by molar-refractivity contribution is 5.27. The normalized spacial score (nSPS) is 14.4. The lowest BCUT2D eigenvalue weighted by molar-refractivity contribution is 0.259. The van der Waals surface area contributed by atoms with Gasteiger partial charge < -0.3 is 14.0 Å². The fourth-order valence-corrected chi connectivity index (χ4v) is 3.25. The average Bonchev–Trinajstić information content (AvgIpc) is 3.00. The molecule has 0 N–H and O–H groups in total. The molecule has 0 aliphatic carbocycles. The molecule has 1 aliphatic heterocycles. The molecule has 27 heavy (non-hydrogen) atoms. The third-order valence-corrected chi connectivity index (χ3v) is 4.75. The van der Waals surface area contributed by atoms with Crippen molar-refractivity contribution in [3.8, 4) is 11.6 Å². The second kappa shape index (κ2) is 8.18. The highest BCUT2D eigenvalue weighted by Gasteiger charge is 2.19. The van der Waals surface area contributed by atoms with Crippen molar-refractivity contribution < 1.29 is 9.47 Å². The molecule has 0 atom stereocenters. The molecule has 0 unspecified atom stereocenters. The molecule has 0 radical (unpaired) electrons. The fraction of sp³-hybridized carbons (Fsp3) is 0.350. The number of ether oxygens (including phenoxy) is 2. The van der Waals surface area contributed by atoms with Gasteiger partial charge in [0, 0.05) is 44.9 Å². The van der Waals surface area contributed by atoms with Gasteiger partial charge in [-0.25, -0.2) is 4.98 Å². The Labute approximate surface area is 158 Å². The molecule has 0 saturated heterocycles. The van der Waals surface area contributed by atoms with Gasteiger partial charge >= 0.3 is 0 Å². The lowest BCUT2D eigenvalue weighted by Crippen LogP contribution is -2.26. The quantitative estimate of drug-likeness (QED) is 0.668. The van der Waals surface area contributed by atoms with E-state index in [0.29, 0.717) is 12.5 Å².